The fraction of sp³-hybridized carbons (Fsp3) is 0.188. The van der Waals surface area contributed by atoms with Crippen molar-refractivity contribution in [1.82, 2.24) is 10.2 Å². The molecule has 1 aromatic rings. The Morgan fingerprint density at radius 3 is 2.69 bits per heavy atom. The van der Waals surface area contributed by atoms with Gasteiger partial charge < -0.3 is 5.32 Å². The van der Waals surface area contributed by atoms with Crippen LogP contribution in [-0.2, 0) is 19.4 Å². The molecule has 2 aliphatic heterocycles. The van der Waals surface area contributed by atoms with E-state index in [1.54, 1.807) is 6.08 Å². The molecular formula is C16H13FN2O4S3. The first-order valence-corrected chi connectivity index (χ1v) is 10.4. The third-order valence-electron chi connectivity index (χ3n) is 3.62. The highest BCUT2D eigenvalue weighted by Crippen LogP contribution is 2.32. The summed E-state index contributed by atoms with van der Waals surface area (Å²) in [6.07, 6.45) is 2.97. The van der Waals surface area contributed by atoms with E-state index < -0.39 is 27.7 Å². The molecular weight excluding hydrogens is 399 g/mol. The van der Waals surface area contributed by atoms with Crippen molar-refractivity contribution < 1.29 is 22.4 Å². The Kier molecular flexibility index (Phi) is 5.26. The molecule has 1 atom stereocenters. The Hall–Kier alpha value is -2.04. The highest BCUT2D eigenvalue weighted by Gasteiger charge is 2.34. The predicted octanol–water partition coefficient (Wildman–Crippen LogP) is 1.45. The van der Waals surface area contributed by atoms with Gasteiger partial charge in [-0.3, -0.25) is 14.5 Å². The first-order chi connectivity index (χ1) is 12.2. The van der Waals surface area contributed by atoms with Crippen LogP contribution in [0.1, 0.15) is 5.56 Å². The number of hydrogen-bond donors (Lipinski definition) is 1. The molecule has 0 aliphatic carbocycles. The number of benzene rings is 1. The number of thiocarbonyl (C=S) groups is 1. The summed E-state index contributed by atoms with van der Waals surface area (Å²) < 4.78 is 35.9. The van der Waals surface area contributed by atoms with Crippen LogP contribution in [0.4, 0.5) is 4.39 Å². The van der Waals surface area contributed by atoms with E-state index in [2.05, 4.69) is 5.32 Å². The van der Waals surface area contributed by atoms with Crippen LogP contribution in [0.5, 0.6) is 0 Å². The fourth-order valence-electron chi connectivity index (χ4n) is 2.41. The lowest BCUT2D eigenvalue weighted by molar-refractivity contribution is -0.128. The number of halogens is 1. The van der Waals surface area contributed by atoms with Crippen LogP contribution >= 0.6 is 24.0 Å². The Balaban J connectivity index is 1.64. The normalized spacial score (nSPS) is 23.0. The number of nitrogens with zero attached hydrogens (tertiary/aromatic N) is 1. The monoisotopic (exact) mass is 412 g/mol. The quantitative estimate of drug-likeness (QED) is 0.595. The maximum Gasteiger partial charge on any atom is 0.266 e. The second kappa shape index (κ2) is 7.29. The van der Waals surface area contributed by atoms with Crippen molar-refractivity contribution in [2.24, 2.45) is 0 Å². The van der Waals surface area contributed by atoms with Crippen LogP contribution < -0.4 is 5.32 Å². The van der Waals surface area contributed by atoms with Crippen LogP contribution in [0.15, 0.2) is 40.7 Å². The van der Waals surface area contributed by atoms with Crippen molar-refractivity contribution >= 4 is 56.0 Å². The maximum absolute atomic E-state index is 13.0. The fourth-order valence-corrected chi connectivity index (χ4v) is 4.90. The predicted molar refractivity (Wildman–Crippen MR) is 101 cm³/mol. The largest absolute Gasteiger partial charge is 0.347 e. The number of nitrogens with one attached hydrogen (secondary N) is 1. The van der Waals surface area contributed by atoms with E-state index in [4.69, 9.17) is 12.2 Å². The molecule has 1 fully saturated rings. The van der Waals surface area contributed by atoms with E-state index in [1.807, 2.05) is 0 Å². The van der Waals surface area contributed by atoms with Crippen LogP contribution in [-0.4, -0.2) is 47.8 Å². The zero-order valence-corrected chi connectivity index (χ0v) is 15.7. The summed E-state index contributed by atoms with van der Waals surface area (Å²) in [4.78, 5) is 26.0. The molecule has 0 aromatic heterocycles. The summed E-state index contributed by atoms with van der Waals surface area (Å²) in [5.74, 6) is -1.50. The number of thioether (sulfide) groups is 1. The second-order valence-corrected chi connectivity index (χ2v) is 9.26. The number of carbonyl (C=O) groups is 2. The maximum atomic E-state index is 13.0. The number of hydrogen-bond acceptors (Lipinski definition) is 6. The van der Waals surface area contributed by atoms with Gasteiger partial charge in [-0.2, -0.15) is 0 Å². The molecule has 1 aromatic carbocycles. The summed E-state index contributed by atoms with van der Waals surface area (Å²) >= 11 is 6.20. The van der Waals surface area contributed by atoms with Gasteiger partial charge in [-0.15, -0.1) is 0 Å². The molecule has 2 aliphatic rings. The van der Waals surface area contributed by atoms with Gasteiger partial charge in [-0.25, -0.2) is 12.8 Å². The molecule has 1 N–H and O–H groups in total. The number of amides is 2. The molecule has 3 rings (SSSR count). The molecule has 6 nitrogen and oxygen atoms in total. The van der Waals surface area contributed by atoms with Gasteiger partial charge in [0.2, 0.25) is 5.91 Å². The lowest BCUT2D eigenvalue weighted by atomic mass is 10.2. The van der Waals surface area contributed by atoms with E-state index in [-0.39, 0.29) is 22.4 Å². The Labute approximate surface area is 159 Å². The van der Waals surface area contributed by atoms with Crippen LogP contribution in [0.3, 0.4) is 0 Å². The first-order valence-electron chi connectivity index (χ1n) is 7.45. The molecule has 1 unspecified atom stereocenters. The van der Waals surface area contributed by atoms with Crippen molar-refractivity contribution in [3.05, 3.63) is 52.0 Å². The zero-order valence-electron chi connectivity index (χ0n) is 13.2. The van der Waals surface area contributed by atoms with Gasteiger partial charge in [0, 0.05) is 5.41 Å². The van der Waals surface area contributed by atoms with Crippen LogP contribution in [0.25, 0.3) is 6.08 Å². The highest BCUT2D eigenvalue weighted by molar-refractivity contribution is 8.26. The molecule has 1 saturated heterocycles. The topological polar surface area (TPSA) is 83.6 Å². The Morgan fingerprint density at radius 1 is 1.38 bits per heavy atom. The Morgan fingerprint density at radius 2 is 2.08 bits per heavy atom. The van der Waals surface area contributed by atoms with Crippen molar-refractivity contribution in [3.63, 3.8) is 0 Å². The number of sulfone groups is 1. The van der Waals surface area contributed by atoms with Gasteiger partial charge in [-0.05, 0) is 29.8 Å². The molecule has 0 bridgehead atoms. The molecule has 10 heteroatoms. The summed E-state index contributed by atoms with van der Waals surface area (Å²) in [5, 5.41) is 3.60. The molecule has 2 amide bonds. The van der Waals surface area contributed by atoms with Gasteiger partial charge in [0.25, 0.3) is 5.91 Å². The average Bonchev–Trinajstić information content (AvgIpc) is 3.03. The van der Waals surface area contributed by atoms with Crippen LogP contribution in [0, 0.1) is 5.82 Å². The minimum Gasteiger partial charge on any atom is -0.347 e. The SMILES string of the molecule is O=C(CN1C(=O)C(=Cc2ccc(F)cc2)SC1=S)NC1C=CS(=O)(=O)C1. The second-order valence-electron chi connectivity index (χ2n) is 5.65. The molecule has 26 heavy (non-hydrogen) atoms. The van der Waals surface area contributed by atoms with Gasteiger partial charge >= 0.3 is 0 Å². The van der Waals surface area contributed by atoms with Gasteiger partial charge in [0.15, 0.2) is 9.84 Å². The highest BCUT2D eigenvalue weighted by atomic mass is 32.2. The molecule has 2 heterocycles. The van der Waals surface area contributed by atoms with E-state index in [1.165, 1.54) is 30.3 Å². The van der Waals surface area contributed by atoms with E-state index in [0.29, 0.717) is 10.5 Å². The van der Waals surface area contributed by atoms with Gasteiger partial charge in [0.05, 0.1) is 16.7 Å². The third kappa shape index (κ3) is 4.37. The van der Waals surface area contributed by atoms with Crippen molar-refractivity contribution in [2.75, 3.05) is 12.3 Å². The summed E-state index contributed by atoms with van der Waals surface area (Å²) in [6, 6.07) is 5.01. The van der Waals surface area contributed by atoms with Gasteiger partial charge in [0.1, 0.15) is 16.7 Å². The summed E-state index contributed by atoms with van der Waals surface area (Å²) in [7, 11) is -3.28. The first kappa shape index (κ1) is 18.7. The van der Waals surface area contributed by atoms with E-state index in [9.17, 15) is 22.4 Å². The number of rotatable bonds is 4. The minimum absolute atomic E-state index is 0.193. The smallest absolute Gasteiger partial charge is 0.266 e. The number of carbonyl (C=O) groups excluding carboxylic acids is 2. The van der Waals surface area contributed by atoms with E-state index >= 15 is 0 Å². The third-order valence-corrected chi connectivity index (χ3v) is 6.39. The lowest BCUT2D eigenvalue weighted by Gasteiger charge is -2.16. The Bertz CT molecular complexity index is 939. The lowest BCUT2D eigenvalue weighted by Crippen LogP contribution is -2.43. The average molecular weight is 412 g/mol. The molecule has 0 radical (unpaired) electrons. The molecule has 0 saturated carbocycles. The van der Waals surface area contributed by atoms with Crippen molar-refractivity contribution in [1.29, 1.82) is 0 Å². The van der Waals surface area contributed by atoms with Crippen molar-refractivity contribution in [2.45, 2.75) is 6.04 Å². The van der Waals surface area contributed by atoms with E-state index in [0.717, 1.165) is 22.1 Å². The zero-order chi connectivity index (χ0) is 18.9. The molecule has 136 valence electrons. The minimum atomic E-state index is -3.28. The summed E-state index contributed by atoms with van der Waals surface area (Å²) in [6.45, 7) is -0.296. The van der Waals surface area contributed by atoms with Gasteiger partial charge in [-0.1, -0.05) is 36.1 Å². The van der Waals surface area contributed by atoms with Crippen LogP contribution in [0.2, 0.25) is 0 Å². The standard InChI is InChI=1S/C16H13FN2O4S3/c17-11-3-1-10(2-4-11)7-13-15(21)19(16(24)25-13)8-14(20)18-12-5-6-26(22,23)9-12/h1-7,12H,8-9H2,(H,18,20). The molecule has 0 spiro atoms. The van der Waals surface area contributed by atoms with Crippen molar-refractivity contribution in [3.8, 4) is 0 Å². The summed E-state index contributed by atoms with van der Waals surface area (Å²) in [5.41, 5.74) is 0.637.